The van der Waals surface area contributed by atoms with E-state index >= 15 is 0 Å². The molecule has 0 bridgehead atoms. The number of carbonyl (C=O) groups excluding carboxylic acids is 2. The smallest absolute Gasteiger partial charge is 0.347 e. The van der Waals surface area contributed by atoms with Gasteiger partial charge in [-0.2, -0.15) is 0 Å². The van der Waals surface area contributed by atoms with E-state index in [-0.39, 0.29) is 5.92 Å². The zero-order valence-electron chi connectivity index (χ0n) is 15.9. The molecule has 25 heavy (non-hydrogen) atoms. The van der Waals surface area contributed by atoms with Crippen molar-refractivity contribution in [1.29, 1.82) is 0 Å². The zero-order valence-corrected chi connectivity index (χ0v) is 15.9. The van der Waals surface area contributed by atoms with Gasteiger partial charge in [0.1, 0.15) is 0 Å². The van der Waals surface area contributed by atoms with E-state index in [2.05, 4.69) is 19.1 Å². The van der Waals surface area contributed by atoms with E-state index in [0.717, 1.165) is 25.7 Å². The Morgan fingerprint density at radius 3 is 2.08 bits per heavy atom. The molecule has 0 fully saturated rings. The Kier molecular flexibility index (Phi) is 14.1. The molecule has 1 atom stereocenters. The van der Waals surface area contributed by atoms with Gasteiger partial charge in [-0.1, -0.05) is 69.4 Å². The van der Waals surface area contributed by atoms with Crippen LogP contribution < -0.4 is 0 Å². The Morgan fingerprint density at radius 2 is 1.52 bits per heavy atom. The van der Waals surface area contributed by atoms with Gasteiger partial charge in [-0.05, 0) is 25.7 Å². The quantitative estimate of drug-likeness (QED) is 0.285. The Morgan fingerprint density at radius 1 is 0.920 bits per heavy atom. The zero-order chi connectivity index (χ0) is 18.9. The van der Waals surface area contributed by atoms with Crippen LogP contribution >= 0.6 is 0 Å². The Balaban J connectivity index is 3.84. The molecule has 0 N–H and O–H groups in total. The van der Waals surface area contributed by atoms with Crippen molar-refractivity contribution >= 4 is 11.9 Å². The molecule has 0 aromatic rings. The van der Waals surface area contributed by atoms with Crippen molar-refractivity contribution in [3.63, 3.8) is 0 Å². The predicted molar refractivity (Wildman–Crippen MR) is 102 cm³/mol. The molecule has 0 rings (SSSR count). The first-order valence-electron chi connectivity index (χ1n) is 8.97. The van der Waals surface area contributed by atoms with Crippen molar-refractivity contribution in [3.05, 3.63) is 48.6 Å². The van der Waals surface area contributed by atoms with Crippen molar-refractivity contribution in [2.45, 2.75) is 59.5 Å². The lowest BCUT2D eigenvalue weighted by atomic mass is 10.1. The maximum absolute atomic E-state index is 11.9. The fourth-order valence-electron chi connectivity index (χ4n) is 1.90. The second-order valence-corrected chi connectivity index (χ2v) is 5.97. The fourth-order valence-corrected chi connectivity index (χ4v) is 1.90. The predicted octanol–water partition coefficient (Wildman–Crippen LogP) is 4.92. The molecule has 0 aromatic carbocycles. The lowest BCUT2D eigenvalue weighted by molar-refractivity contribution is -0.169. The molecule has 0 aromatic heterocycles. The molecule has 0 saturated heterocycles. The van der Waals surface area contributed by atoms with Gasteiger partial charge >= 0.3 is 11.9 Å². The van der Waals surface area contributed by atoms with Crippen LogP contribution in [0.5, 0.6) is 0 Å². The summed E-state index contributed by atoms with van der Waals surface area (Å²) in [4.78, 5) is 22.9. The van der Waals surface area contributed by atoms with Crippen LogP contribution in [-0.2, 0) is 19.1 Å². The number of esters is 2. The Bertz CT molecular complexity index is 484. The average molecular weight is 348 g/mol. The second-order valence-electron chi connectivity index (χ2n) is 5.97. The first-order valence-corrected chi connectivity index (χ1v) is 8.97. The normalized spacial score (nSPS) is 13.5. The van der Waals surface area contributed by atoms with Gasteiger partial charge in [0.05, 0.1) is 6.61 Å². The summed E-state index contributed by atoms with van der Waals surface area (Å²) in [5, 5.41) is 0. The van der Waals surface area contributed by atoms with Crippen molar-refractivity contribution in [1.82, 2.24) is 0 Å². The molecule has 0 aliphatic heterocycles. The van der Waals surface area contributed by atoms with Crippen molar-refractivity contribution < 1.29 is 19.1 Å². The highest BCUT2D eigenvalue weighted by atomic mass is 16.6. The fraction of sp³-hybridized carbons (Fsp3) is 0.524. The van der Waals surface area contributed by atoms with E-state index in [4.69, 9.17) is 9.47 Å². The number of hydrogen-bond donors (Lipinski definition) is 0. The Hall–Kier alpha value is -2.10. The molecule has 140 valence electrons. The number of hydrogen-bond acceptors (Lipinski definition) is 4. The minimum absolute atomic E-state index is 0.0994. The van der Waals surface area contributed by atoms with E-state index < -0.39 is 18.0 Å². The van der Waals surface area contributed by atoms with Gasteiger partial charge in [0.25, 0.3) is 0 Å². The first kappa shape index (κ1) is 22.9. The van der Waals surface area contributed by atoms with Crippen LogP contribution in [0.25, 0.3) is 0 Å². The van der Waals surface area contributed by atoms with Gasteiger partial charge in [-0.25, -0.2) is 4.79 Å². The topological polar surface area (TPSA) is 52.6 Å². The SMILES string of the molecule is CC/C=C/C=C/C=C/C=C\CCCCOC(=O)[C@H](OC(C)=O)C(C)C. The largest absolute Gasteiger partial charge is 0.463 e. The van der Waals surface area contributed by atoms with Gasteiger partial charge < -0.3 is 9.47 Å². The van der Waals surface area contributed by atoms with Crippen molar-refractivity contribution in [3.8, 4) is 0 Å². The maximum atomic E-state index is 11.9. The average Bonchev–Trinajstić information content (AvgIpc) is 2.56. The number of carbonyl (C=O) groups is 2. The van der Waals surface area contributed by atoms with E-state index in [1.807, 2.05) is 50.3 Å². The third-order valence-corrected chi connectivity index (χ3v) is 3.20. The van der Waals surface area contributed by atoms with Crippen LogP contribution in [-0.4, -0.2) is 24.6 Å². The molecule has 0 unspecified atom stereocenters. The van der Waals surface area contributed by atoms with Crippen LogP contribution in [0.1, 0.15) is 53.4 Å². The summed E-state index contributed by atoms with van der Waals surface area (Å²) in [5.74, 6) is -1.03. The standard InChI is InChI=1S/C21H32O4/c1-5-6-7-8-9-10-11-12-13-14-15-16-17-24-21(23)20(18(2)3)25-19(4)22/h6-13,18,20H,5,14-17H2,1-4H3/b7-6+,9-8+,11-10+,13-12-/t20-/m1/s1. The molecule has 0 aliphatic rings. The molecule has 0 heterocycles. The van der Waals surface area contributed by atoms with Gasteiger partial charge in [0.2, 0.25) is 6.10 Å². The molecule has 0 amide bonds. The highest BCUT2D eigenvalue weighted by Crippen LogP contribution is 2.10. The second kappa shape index (κ2) is 15.4. The lowest BCUT2D eigenvalue weighted by Crippen LogP contribution is -2.33. The molecule has 0 spiro atoms. The summed E-state index contributed by atoms with van der Waals surface area (Å²) < 4.78 is 10.2. The number of rotatable bonds is 12. The summed E-state index contributed by atoms with van der Waals surface area (Å²) in [6.07, 6.45) is 19.1. The Labute approximate surface area is 152 Å². The van der Waals surface area contributed by atoms with Gasteiger partial charge in [0, 0.05) is 12.8 Å². The molecule has 0 aliphatic carbocycles. The third-order valence-electron chi connectivity index (χ3n) is 3.20. The van der Waals surface area contributed by atoms with E-state index in [1.165, 1.54) is 6.92 Å². The van der Waals surface area contributed by atoms with E-state index in [0.29, 0.717) is 6.61 Å². The molecule has 0 saturated carbocycles. The molecule has 4 nitrogen and oxygen atoms in total. The minimum Gasteiger partial charge on any atom is -0.463 e. The molecule has 4 heteroatoms. The van der Waals surface area contributed by atoms with Crippen LogP contribution in [0.3, 0.4) is 0 Å². The summed E-state index contributed by atoms with van der Waals surface area (Å²) >= 11 is 0. The monoisotopic (exact) mass is 348 g/mol. The highest BCUT2D eigenvalue weighted by Gasteiger charge is 2.26. The molecular weight excluding hydrogens is 316 g/mol. The molecular formula is C21H32O4. The van der Waals surface area contributed by atoms with E-state index in [1.54, 1.807) is 0 Å². The van der Waals surface area contributed by atoms with Gasteiger partial charge in [-0.3, -0.25) is 4.79 Å². The van der Waals surface area contributed by atoms with Crippen molar-refractivity contribution in [2.75, 3.05) is 6.61 Å². The van der Waals surface area contributed by atoms with Crippen molar-refractivity contribution in [2.24, 2.45) is 5.92 Å². The minimum atomic E-state index is -0.817. The first-order chi connectivity index (χ1) is 12.0. The molecule has 0 radical (unpaired) electrons. The third kappa shape index (κ3) is 14.0. The van der Waals surface area contributed by atoms with Crippen LogP contribution in [0, 0.1) is 5.92 Å². The summed E-state index contributed by atoms with van der Waals surface area (Å²) in [7, 11) is 0. The van der Waals surface area contributed by atoms with Gasteiger partial charge in [0.15, 0.2) is 0 Å². The summed E-state index contributed by atoms with van der Waals surface area (Å²) in [5.41, 5.74) is 0. The highest BCUT2D eigenvalue weighted by molar-refractivity contribution is 5.78. The maximum Gasteiger partial charge on any atom is 0.347 e. The van der Waals surface area contributed by atoms with Crippen LogP contribution in [0.15, 0.2) is 48.6 Å². The number of allylic oxidation sites excluding steroid dienone is 8. The van der Waals surface area contributed by atoms with E-state index in [9.17, 15) is 9.59 Å². The summed E-state index contributed by atoms with van der Waals surface area (Å²) in [6, 6.07) is 0. The van der Waals surface area contributed by atoms with Gasteiger partial charge in [-0.15, -0.1) is 0 Å². The van der Waals surface area contributed by atoms with Crippen LogP contribution in [0.4, 0.5) is 0 Å². The summed E-state index contributed by atoms with van der Waals surface area (Å²) in [6.45, 7) is 7.39. The number of ether oxygens (including phenoxy) is 2. The van der Waals surface area contributed by atoms with Crippen LogP contribution in [0.2, 0.25) is 0 Å². The number of unbranched alkanes of at least 4 members (excludes halogenated alkanes) is 2. The lowest BCUT2D eigenvalue weighted by Gasteiger charge is -2.18.